The first-order valence-corrected chi connectivity index (χ1v) is 5.47. The Morgan fingerprint density at radius 1 is 1.36 bits per heavy atom. The number of aliphatic carboxylic acids is 1. The molecule has 2 unspecified atom stereocenters. The summed E-state index contributed by atoms with van der Waals surface area (Å²) in [5, 5.41) is 8.69. The van der Waals surface area contributed by atoms with E-state index >= 15 is 0 Å². The van der Waals surface area contributed by atoms with Crippen LogP contribution in [0.15, 0.2) is 0 Å². The minimum atomic E-state index is -0.708. The largest absolute Gasteiger partial charge is 0.481 e. The number of carbonyl (C=O) groups is 1. The molecule has 1 N–H and O–H groups in total. The molecule has 0 aliphatic carbocycles. The van der Waals surface area contributed by atoms with E-state index in [1.165, 1.54) is 0 Å². The minimum Gasteiger partial charge on any atom is -0.481 e. The van der Waals surface area contributed by atoms with Gasteiger partial charge in [0.15, 0.2) is 0 Å². The molecule has 0 saturated carbocycles. The third-order valence-electron chi connectivity index (χ3n) is 2.74. The molecule has 0 amide bonds. The molecular formula is C11H23NO2. The Kier molecular flexibility index (Phi) is 6.54. The molecule has 0 aliphatic heterocycles. The van der Waals surface area contributed by atoms with Gasteiger partial charge >= 0.3 is 5.97 Å². The highest BCUT2D eigenvalue weighted by Gasteiger charge is 2.16. The van der Waals surface area contributed by atoms with Gasteiger partial charge in [0.2, 0.25) is 0 Å². The van der Waals surface area contributed by atoms with Crippen molar-refractivity contribution in [3.63, 3.8) is 0 Å². The van der Waals surface area contributed by atoms with Crippen molar-refractivity contribution in [1.29, 1.82) is 0 Å². The lowest BCUT2D eigenvalue weighted by Crippen LogP contribution is -2.37. The summed E-state index contributed by atoms with van der Waals surface area (Å²) < 4.78 is 0. The van der Waals surface area contributed by atoms with Crippen LogP contribution in [0.2, 0.25) is 0 Å². The molecule has 0 aliphatic rings. The monoisotopic (exact) mass is 201 g/mol. The highest BCUT2D eigenvalue weighted by molar-refractivity contribution is 5.67. The van der Waals surface area contributed by atoms with Gasteiger partial charge in [-0.25, -0.2) is 0 Å². The van der Waals surface area contributed by atoms with E-state index in [2.05, 4.69) is 25.7 Å². The van der Waals surface area contributed by atoms with Crippen LogP contribution in [0.5, 0.6) is 0 Å². The maximum atomic E-state index is 10.6. The van der Waals surface area contributed by atoms with E-state index < -0.39 is 5.97 Å². The number of carboxylic acid groups (broad SMARTS) is 1. The van der Waals surface area contributed by atoms with Crippen molar-refractivity contribution in [2.24, 2.45) is 5.92 Å². The number of hydrogen-bond donors (Lipinski definition) is 1. The molecule has 0 aromatic rings. The second kappa shape index (κ2) is 6.82. The second-order valence-corrected chi connectivity index (χ2v) is 4.05. The number of nitrogens with zero attached hydrogens (tertiary/aromatic N) is 1. The number of rotatable bonds is 7. The van der Waals surface area contributed by atoms with Crippen molar-refractivity contribution in [3.05, 3.63) is 0 Å². The first-order valence-electron chi connectivity index (χ1n) is 5.47. The summed E-state index contributed by atoms with van der Waals surface area (Å²) in [5.41, 5.74) is 0. The van der Waals surface area contributed by atoms with Crippen LogP contribution in [0.4, 0.5) is 0 Å². The highest BCUT2D eigenvalue weighted by Crippen LogP contribution is 2.09. The van der Waals surface area contributed by atoms with Crippen LogP contribution in [0.3, 0.4) is 0 Å². The molecule has 0 fully saturated rings. The topological polar surface area (TPSA) is 40.5 Å². The summed E-state index contributed by atoms with van der Waals surface area (Å²) in [6.07, 6.45) is 1.39. The van der Waals surface area contributed by atoms with Gasteiger partial charge in [-0.1, -0.05) is 27.2 Å². The fourth-order valence-corrected chi connectivity index (χ4v) is 1.53. The maximum Gasteiger partial charge on any atom is 0.304 e. The Labute approximate surface area is 87.1 Å². The lowest BCUT2D eigenvalue weighted by molar-refractivity contribution is -0.138. The molecule has 3 heteroatoms. The molecule has 0 radical (unpaired) electrons. The molecule has 0 rings (SSSR count). The Morgan fingerprint density at radius 2 is 1.93 bits per heavy atom. The number of carboxylic acids is 1. The van der Waals surface area contributed by atoms with E-state index in [0.717, 1.165) is 19.5 Å². The molecular weight excluding hydrogens is 178 g/mol. The predicted octanol–water partition coefficient (Wildman–Crippen LogP) is 2.22. The molecule has 84 valence electrons. The smallest absolute Gasteiger partial charge is 0.304 e. The van der Waals surface area contributed by atoms with Crippen molar-refractivity contribution >= 4 is 5.97 Å². The molecule has 0 spiro atoms. The minimum absolute atomic E-state index is 0.145. The van der Waals surface area contributed by atoms with Crippen LogP contribution >= 0.6 is 0 Å². The summed E-state index contributed by atoms with van der Waals surface area (Å²) >= 11 is 0. The Hall–Kier alpha value is -0.570. The Bertz CT molecular complexity index is 171. The Morgan fingerprint density at radius 3 is 2.29 bits per heavy atom. The average molecular weight is 201 g/mol. The van der Waals surface area contributed by atoms with Gasteiger partial charge in [0.25, 0.3) is 0 Å². The van der Waals surface area contributed by atoms with Gasteiger partial charge in [0.1, 0.15) is 0 Å². The fourth-order valence-electron chi connectivity index (χ4n) is 1.53. The van der Waals surface area contributed by atoms with Gasteiger partial charge in [0.05, 0.1) is 6.42 Å². The van der Waals surface area contributed by atoms with E-state index in [1.54, 1.807) is 0 Å². The van der Waals surface area contributed by atoms with Crippen molar-refractivity contribution < 1.29 is 9.90 Å². The second-order valence-electron chi connectivity index (χ2n) is 4.05. The summed E-state index contributed by atoms with van der Waals surface area (Å²) in [5.74, 6) is -0.0636. The molecule has 0 aromatic heterocycles. The lowest BCUT2D eigenvalue weighted by Gasteiger charge is -2.29. The molecule has 0 saturated heterocycles. The summed E-state index contributed by atoms with van der Waals surface area (Å²) in [7, 11) is 0. The van der Waals surface area contributed by atoms with Gasteiger partial charge < -0.3 is 10.0 Å². The zero-order valence-electron chi connectivity index (χ0n) is 9.79. The van der Waals surface area contributed by atoms with Crippen LogP contribution in [0, 0.1) is 5.92 Å². The standard InChI is InChI=1S/C11H23NO2/c1-5-9(3)8-12(6-2)10(4)7-11(13)14/h9-10H,5-8H2,1-4H3,(H,13,14). The van der Waals surface area contributed by atoms with Crippen LogP contribution < -0.4 is 0 Å². The third-order valence-corrected chi connectivity index (χ3v) is 2.74. The van der Waals surface area contributed by atoms with Crippen molar-refractivity contribution in [3.8, 4) is 0 Å². The third kappa shape index (κ3) is 5.22. The summed E-state index contributed by atoms with van der Waals surface area (Å²) in [4.78, 5) is 12.8. The molecule has 14 heavy (non-hydrogen) atoms. The lowest BCUT2D eigenvalue weighted by atomic mass is 10.1. The van der Waals surface area contributed by atoms with Crippen LogP contribution in [-0.4, -0.2) is 35.1 Å². The first kappa shape index (κ1) is 13.4. The maximum absolute atomic E-state index is 10.6. The van der Waals surface area contributed by atoms with Gasteiger partial charge in [-0.3, -0.25) is 4.79 Å². The predicted molar refractivity (Wildman–Crippen MR) is 58.4 cm³/mol. The first-order chi connectivity index (χ1) is 6.51. The summed E-state index contributed by atoms with van der Waals surface area (Å²) in [6.45, 7) is 10.4. The zero-order chi connectivity index (χ0) is 11.1. The van der Waals surface area contributed by atoms with Crippen LogP contribution in [0.1, 0.15) is 40.5 Å². The molecule has 3 nitrogen and oxygen atoms in total. The van der Waals surface area contributed by atoms with E-state index in [4.69, 9.17) is 5.11 Å². The summed E-state index contributed by atoms with van der Waals surface area (Å²) in [6, 6.07) is 0.145. The molecule has 0 heterocycles. The van der Waals surface area contributed by atoms with Crippen molar-refractivity contribution in [2.75, 3.05) is 13.1 Å². The van der Waals surface area contributed by atoms with E-state index in [9.17, 15) is 4.79 Å². The van der Waals surface area contributed by atoms with Crippen molar-refractivity contribution in [2.45, 2.75) is 46.6 Å². The Balaban J connectivity index is 4.04. The van der Waals surface area contributed by atoms with Gasteiger partial charge in [-0.15, -0.1) is 0 Å². The SMILES string of the molecule is CCC(C)CN(CC)C(C)CC(=O)O. The van der Waals surface area contributed by atoms with Gasteiger partial charge in [-0.05, 0) is 19.4 Å². The zero-order valence-corrected chi connectivity index (χ0v) is 9.79. The highest BCUT2D eigenvalue weighted by atomic mass is 16.4. The fraction of sp³-hybridized carbons (Fsp3) is 0.909. The van der Waals surface area contributed by atoms with Gasteiger partial charge in [-0.2, -0.15) is 0 Å². The molecule has 0 aromatic carbocycles. The van der Waals surface area contributed by atoms with E-state index in [0.29, 0.717) is 5.92 Å². The van der Waals surface area contributed by atoms with E-state index in [1.807, 2.05) is 6.92 Å². The quantitative estimate of drug-likeness (QED) is 0.686. The average Bonchev–Trinajstić information content (AvgIpc) is 2.12. The van der Waals surface area contributed by atoms with Crippen LogP contribution in [0.25, 0.3) is 0 Å². The molecule has 2 atom stereocenters. The normalized spacial score (nSPS) is 15.5. The van der Waals surface area contributed by atoms with Gasteiger partial charge in [0, 0.05) is 12.6 Å². The molecule has 0 bridgehead atoms. The van der Waals surface area contributed by atoms with E-state index in [-0.39, 0.29) is 12.5 Å². The van der Waals surface area contributed by atoms with Crippen LogP contribution in [-0.2, 0) is 4.79 Å². The number of hydrogen-bond acceptors (Lipinski definition) is 2. The van der Waals surface area contributed by atoms with Crippen molar-refractivity contribution in [1.82, 2.24) is 4.90 Å².